The van der Waals surface area contributed by atoms with E-state index in [1.165, 1.54) is 13.2 Å². The summed E-state index contributed by atoms with van der Waals surface area (Å²) in [6, 6.07) is 4.58. The van der Waals surface area contributed by atoms with Crippen LogP contribution in [-0.2, 0) is 16.1 Å². The molecule has 0 atom stereocenters. The third kappa shape index (κ3) is 5.01. The molecule has 0 unspecified atom stereocenters. The van der Waals surface area contributed by atoms with Gasteiger partial charge in [-0.1, -0.05) is 30.7 Å². The van der Waals surface area contributed by atoms with Gasteiger partial charge in [0.1, 0.15) is 5.82 Å². The number of hydrogen-bond acceptors (Lipinski definition) is 3. The number of halogens is 2. The van der Waals surface area contributed by atoms with Gasteiger partial charge >= 0.3 is 5.97 Å². The molecule has 0 aromatic heterocycles. The van der Waals surface area contributed by atoms with Gasteiger partial charge in [0.25, 0.3) is 0 Å². The lowest BCUT2D eigenvalue weighted by Gasteiger charge is -2.05. The van der Waals surface area contributed by atoms with E-state index in [2.05, 4.69) is 10.1 Å². The number of hydrogen-bond donors (Lipinski definition) is 1. The lowest BCUT2D eigenvalue weighted by molar-refractivity contribution is -0.136. The molecule has 19 heavy (non-hydrogen) atoms. The standard InChI is InChI=1S/C14H17ClFNO2/c1-3-11(14(18)19-2)6-7-17-9-10-4-5-13(16)12(15)8-10/h4-6,8,17H,3,7,9H2,1-2H3/b11-6-. The van der Waals surface area contributed by atoms with Gasteiger partial charge in [0, 0.05) is 18.7 Å². The Bertz CT molecular complexity index is 475. The summed E-state index contributed by atoms with van der Waals surface area (Å²) in [5.74, 6) is -0.738. The molecule has 0 fully saturated rings. The SMILES string of the molecule is CC/C(=C/CNCc1ccc(F)c(Cl)c1)C(=O)OC. The highest BCUT2D eigenvalue weighted by Crippen LogP contribution is 2.15. The Kier molecular flexibility index (Phi) is 6.53. The molecule has 5 heteroatoms. The van der Waals surface area contributed by atoms with Gasteiger partial charge in [0.2, 0.25) is 0 Å². The molecule has 0 amide bonds. The normalized spacial score (nSPS) is 11.5. The number of benzene rings is 1. The summed E-state index contributed by atoms with van der Waals surface area (Å²) in [4.78, 5) is 11.3. The Balaban J connectivity index is 2.47. The average molecular weight is 286 g/mol. The Hall–Kier alpha value is -1.39. The summed E-state index contributed by atoms with van der Waals surface area (Å²) < 4.78 is 17.6. The van der Waals surface area contributed by atoms with Crippen LogP contribution in [0.5, 0.6) is 0 Å². The van der Waals surface area contributed by atoms with Crippen molar-refractivity contribution in [3.05, 3.63) is 46.3 Å². The summed E-state index contributed by atoms with van der Waals surface area (Å²) in [6.45, 7) is 2.98. The van der Waals surface area contributed by atoms with E-state index < -0.39 is 5.82 Å². The highest BCUT2D eigenvalue weighted by molar-refractivity contribution is 6.30. The number of ether oxygens (including phenoxy) is 1. The van der Waals surface area contributed by atoms with E-state index in [1.54, 1.807) is 18.2 Å². The number of carbonyl (C=O) groups excluding carboxylic acids is 1. The van der Waals surface area contributed by atoms with Gasteiger partial charge in [0.05, 0.1) is 12.1 Å². The van der Waals surface area contributed by atoms with E-state index in [0.717, 1.165) is 5.56 Å². The van der Waals surface area contributed by atoms with Gasteiger partial charge in [-0.2, -0.15) is 0 Å². The molecule has 1 aromatic carbocycles. The lowest BCUT2D eigenvalue weighted by Crippen LogP contribution is -2.15. The molecule has 104 valence electrons. The monoisotopic (exact) mass is 285 g/mol. The van der Waals surface area contributed by atoms with Crippen molar-refractivity contribution in [3.63, 3.8) is 0 Å². The third-order valence-corrected chi connectivity index (χ3v) is 2.92. The van der Waals surface area contributed by atoms with Gasteiger partial charge in [-0.05, 0) is 24.1 Å². The summed E-state index contributed by atoms with van der Waals surface area (Å²) in [5.41, 5.74) is 1.52. The molecule has 1 N–H and O–H groups in total. The second kappa shape index (κ2) is 7.92. The van der Waals surface area contributed by atoms with E-state index in [9.17, 15) is 9.18 Å². The first-order valence-electron chi connectivity index (χ1n) is 6.00. The summed E-state index contributed by atoms with van der Waals surface area (Å²) in [5, 5.41) is 3.24. The first-order valence-corrected chi connectivity index (χ1v) is 6.38. The van der Waals surface area contributed by atoms with E-state index in [4.69, 9.17) is 11.6 Å². The predicted octanol–water partition coefficient (Wildman–Crippen LogP) is 3.08. The summed E-state index contributed by atoms with van der Waals surface area (Å²) in [7, 11) is 1.36. The van der Waals surface area contributed by atoms with E-state index in [1.807, 2.05) is 6.92 Å². The zero-order valence-electron chi connectivity index (χ0n) is 11.0. The number of rotatable bonds is 6. The maximum Gasteiger partial charge on any atom is 0.333 e. The van der Waals surface area contributed by atoms with Crippen molar-refractivity contribution in [2.45, 2.75) is 19.9 Å². The molecule has 0 radical (unpaired) electrons. The van der Waals surface area contributed by atoms with Crippen molar-refractivity contribution < 1.29 is 13.9 Å². The lowest BCUT2D eigenvalue weighted by atomic mass is 10.2. The van der Waals surface area contributed by atoms with Gasteiger partial charge < -0.3 is 10.1 Å². The molecule has 0 bridgehead atoms. The third-order valence-electron chi connectivity index (χ3n) is 2.63. The minimum atomic E-state index is -0.427. The summed E-state index contributed by atoms with van der Waals surface area (Å²) in [6.07, 6.45) is 2.41. The van der Waals surface area contributed by atoms with Gasteiger partial charge in [0.15, 0.2) is 0 Å². The molecular weight excluding hydrogens is 269 g/mol. The molecule has 0 heterocycles. The molecule has 0 aliphatic rings. The van der Waals surface area contributed by atoms with Crippen LogP contribution in [0.15, 0.2) is 29.8 Å². The minimum Gasteiger partial charge on any atom is -0.466 e. The quantitative estimate of drug-likeness (QED) is 0.496. The molecule has 0 aliphatic heterocycles. The smallest absolute Gasteiger partial charge is 0.333 e. The number of nitrogens with one attached hydrogen (secondary N) is 1. The van der Waals surface area contributed by atoms with Crippen molar-refractivity contribution in [2.75, 3.05) is 13.7 Å². The zero-order valence-corrected chi connectivity index (χ0v) is 11.8. The fourth-order valence-electron chi connectivity index (χ4n) is 1.56. The first kappa shape index (κ1) is 15.7. The maximum atomic E-state index is 13.0. The molecular formula is C14H17ClFNO2. The van der Waals surface area contributed by atoms with Crippen molar-refractivity contribution in [2.24, 2.45) is 0 Å². The van der Waals surface area contributed by atoms with Crippen molar-refractivity contribution in [1.82, 2.24) is 5.32 Å². The number of esters is 1. The van der Waals surface area contributed by atoms with Crippen LogP contribution in [0.4, 0.5) is 4.39 Å². The van der Waals surface area contributed by atoms with E-state index in [0.29, 0.717) is 25.1 Å². The van der Waals surface area contributed by atoms with Crippen LogP contribution in [0, 0.1) is 5.82 Å². The highest BCUT2D eigenvalue weighted by atomic mass is 35.5. The Morgan fingerprint density at radius 1 is 1.53 bits per heavy atom. The molecule has 0 saturated carbocycles. The Labute approximate surface area is 117 Å². The van der Waals surface area contributed by atoms with Crippen LogP contribution in [0.25, 0.3) is 0 Å². The molecule has 0 aliphatic carbocycles. The maximum absolute atomic E-state index is 13.0. The predicted molar refractivity (Wildman–Crippen MR) is 73.5 cm³/mol. The topological polar surface area (TPSA) is 38.3 Å². The number of methoxy groups -OCH3 is 1. The fourth-order valence-corrected chi connectivity index (χ4v) is 1.77. The van der Waals surface area contributed by atoms with Crippen LogP contribution >= 0.6 is 11.6 Å². The average Bonchev–Trinajstić information content (AvgIpc) is 2.42. The second-order valence-electron chi connectivity index (χ2n) is 3.95. The van der Waals surface area contributed by atoms with E-state index in [-0.39, 0.29) is 11.0 Å². The second-order valence-corrected chi connectivity index (χ2v) is 4.36. The van der Waals surface area contributed by atoms with Crippen LogP contribution in [0.3, 0.4) is 0 Å². The van der Waals surface area contributed by atoms with Crippen molar-refractivity contribution >= 4 is 17.6 Å². The highest BCUT2D eigenvalue weighted by Gasteiger charge is 2.05. The summed E-state index contributed by atoms with van der Waals surface area (Å²) >= 11 is 5.68. The minimum absolute atomic E-state index is 0.110. The molecule has 0 saturated heterocycles. The fraction of sp³-hybridized carbons (Fsp3) is 0.357. The Morgan fingerprint density at radius 3 is 2.84 bits per heavy atom. The molecule has 1 rings (SSSR count). The largest absolute Gasteiger partial charge is 0.466 e. The van der Waals surface area contributed by atoms with Gasteiger partial charge in [-0.15, -0.1) is 0 Å². The van der Waals surface area contributed by atoms with E-state index >= 15 is 0 Å². The van der Waals surface area contributed by atoms with Crippen LogP contribution in [0.2, 0.25) is 5.02 Å². The van der Waals surface area contributed by atoms with Crippen LogP contribution in [0.1, 0.15) is 18.9 Å². The molecule has 3 nitrogen and oxygen atoms in total. The zero-order chi connectivity index (χ0) is 14.3. The molecule has 1 aromatic rings. The van der Waals surface area contributed by atoms with Crippen molar-refractivity contribution in [1.29, 1.82) is 0 Å². The Morgan fingerprint density at radius 2 is 2.26 bits per heavy atom. The number of carbonyl (C=O) groups is 1. The van der Waals surface area contributed by atoms with Crippen molar-refractivity contribution in [3.8, 4) is 0 Å². The van der Waals surface area contributed by atoms with Crippen LogP contribution < -0.4 is 5.32 Å². The van der Waals surface area contributed by atoms with Gasteiger partial charge in [-0.25, -0.2) is 9.18 Å². The van der Waals surface area contributed by atoms with Crippen LogP contribution in [-0.4, -0.2) is 19.6 Å². The van der Waals surface area contributed by atoms with Gasteiger partial charge in [-0.3, -0.25) is 0 Å². The first-order chi connectivity index (χ1) is 9.08. The molecule has 0 spiro atoms.